The van der Waals surface area contributed by atoms with Crippen LogP contribution in [0.3, 0.4) is 0 Å². The Balaban J connectivity index is 1.41. The molecule has 1 aliphatic heterocycles. The fourth-order valence-electron chi connectivity index (χ4n) is 3.57. The number of aliphatic imine (C=N–C) groups is 1. The van der Waals surface area contributed by atoms with E-state index in [1.807, 2.05) is 78.9 Å². The number of hydrogen-bond donors (Lipinski definition) is 0. The number of pyridine rings is 1. The van der Waals surface area contributed by atoms with Crippen molar-refractivity contribution in [2.75, 3.05) is 4.90 Å². The second kappa shape index (κ2) is 10.4. The maximum atomic E-state index is 13.4. The van der Waals surface area contributed by atoms with Gasteiger partial charge in [0.25, 0.3) is 5.91 Å². The number of carbonyl (C=O) groups excluding carboxylic acids is 1. The quantitative estimate of drug-likeness (QED) is 0.287. The molecule has 0 atom stereocenters. The molecule has 0 saturated carbocycles. The van der Waals surface area contributed by atoms with Gasteiger partial charge in [-0.2, -0.15) is 0 Å². The predicted molar refractivity (Wildman–Crippen MR) is 143 cm³/mol. The van der Waals surface area contributed by atoms with Crippen molar-refractivity contribution in [3.8, 4) is 5.75 Å². The number of aromatic nitrogens is 1. The first-order valence-electron chi connectivity index (χ1n) is 11.2. The molecular formula is C29H23N3O2S. The number of para-hydroxylation sites is 1. The molecule has 0 bridgehead atoms. The van der Waals surface area contributed by atoms with Crippen LogP contribution in [0.2, 0.25) is 0 Å². The maximum Gasteiger partial charge on any atom is 0.271 e. The third-order valence-corrected chi connectivity index (χ3v) is 6.33. The molecule has 4 aromatic rings. The van der Waals surface area contributed by atoms with E-state index in [4.69, 9.17) is 4.74 Å². The molecule has 1 saturated heterocycles. The lowest BCUT2D eigenvalue weighted by Gasteiger charge is -2.15. The first kappa shape index (κ1) is 22.6. The third kappa shape index (κ3) is 5.50. The Labute approximate surface area is 208 Å². The van der Waals surface area contributed by atoms with E-state index in [2.05, 4.69) is 41.2 Å². The van der Waals surface area contributed by atoms with Crippen molar-refractivity contribution in [3.63, 3.8) is 0 Å². The number of anilines is 1. The van der Waals surface area contributed by atoms with Gasteiger partial charge >= 0.3 is 0 Å². The van der Waals surface area contributed by atoms with Gasteiger partial charge in [-0.1, -0.05) is 66.2 Å². The predicted octanol–water partition coefficient (Wildman–Crippen LogP) is 6.78. The number of benzene rings is 3. The van der Waals surface area contributed by atoms with Crippen molar-refractivity contribution in [1.82, 2.24) is 4.98 Å². The van der Waals surface area contributed by atoms with Crippen molar-refractivity contribution in [1.29, 1.82) is 0 Å². The number of amides is 1. The van der Waals surface area contributed by atoms with Gasteiger partial charge in [0.2, 0.25) is 0 Å². The summed E-state index contributed by atoms with van der Waals surface area (Å²) in [6.07, 6.45) is 3.56. The van der Waals surface area contributed by atoms with Gasteiger partial charge in [-0.25, -0.2) is 9.98 Å². The summed E-state index contributed by atoms with van der Waals surface area (Å²) in [5, 5.41) is 0.568. The first-order chi connectivity index (χ1) is 17.2. The van der Waals surface area contributed by atoms with Crippen molar-refractivity contribution in [2.24, 2.45) is 4.99 Å². The summed E-state index contributed by atoms with van der Waals surface area (Å²) in [5.41, 5.74) is 3.97. The minimum atomic E-state index is -0.123. The Kier molecular flexibility index (Phi) is 6.73. The molecule has 0 spiro atoms. The number of thioether (sulfide) groups is 1. The van der Waals surface area contributed by atoms with Crippen LogP contribution in [-0.4, -0.2) is 16.1 Å². The lowest BCUT2D eigenvalue weighted by molar-refractivity contribution is -0.113. The van der Waals surface area contributed by atoms with Crippen molar-refractivity contribution >= 4 is 40.4 Å². The Morgan fingerprint density at radius 1 is 0.943 bits per heavy atom. The van der Waals surface area contributed by atoms with Crippen LogP contribution in [0.25, 0.3) is 6.08 Å². The Bertz CT molecular complexity index is 1380. The van der Waals surface area contributed by atoms with Crippen molar-refractivity contribution in [3.05, 3.63) is 125 Å². The molecule has 0 aliphatic carbocycles. The summed E-state index contributed by atoms with van der Waals surface area (Å²) < 4.78 is 5.99. The average Bonchev–Trinajstić information content (AvgIpc) is 3.19. The van der Waals surface area contributed by atoms with E-state index in [0.717, 1.165) is 22.6 Å². The summed E-state index contributed by atoms with van der Waals surface area (Å²) in [6.45, 7) is 2.55. The number of nitrogens with zero attached hydrogens (tertiary/aromatic N) is 3. The van der Waals surface area contributed by atoms with E-state index in [0.29, 0.717) is 22.5 Å². The van der Waals surface area contributed by atoms with Crippen LogP contribution in [0.15, 0.2) is 113 Å². The zero-order valence-corrected chi connectivity index (χ0v) is 20.0. The number of carbonyl (C=O) groups is 1. The lowest BCUT2D eigenvalue weighted by atomic mass is 10.1. The first-order valence-corrected chi connectivity index (χ1v) is 12.0. The number of aryl methyl sites for hydroxylation is 1. The molecule has 0 radical (unpaired) electrons. The normalized spacial score (nSPS) is 15.7. The van der Waals surface area contributed by atoms with Gasteiger partial charge < -0.3 is 4.74 Å². The van der Waals surface area contributed by atoms with Gasteiger partial charge in [-0.15, -0.1) is 0 Å². The van der Waals surface area contributed by atoms with E-state index in [9.17, 15) is 4.79 Å². The molecule has 5 nitrogen and oxygen atoms in total. The van der Waals surface area contributed by atoms with Gasteiger partial charge in [-0.3, -0.25) is 9.69 Å². The van der Waals surface area contributed by atoms with Crippen LogP contribution in [0.5, 0.6) is 5.75 Å². The molecule has 1 amide bonds. The number of hydrogen-bond acceptors (Lipinski definition) is 5. The molecule has 0 N–H and O–H groups in total. The zero-order valence-electron chi connectivity index (χ0n) is 19.2. The molecular weight excluding hydrogens is 454 g/mol. The Morgan fingerprint density at radius 2 is 1.74 bits per heavy atom. The van der Waals surface area contributed by atoms with Crippen LogP contribution < -0.4 is 9.64 Å². The largest absolute Gasteiger partial charge is 0.489 e. The monoisotopic (exact) mass is 477 g/mol. The molecule has 1 fully saturated rings. The van der Waals surface area contributed by atoms with E-state index >= 15 is 0 Å². The molecule has 6 heteroatoms. The van der Waals surface area contributed by atoms with Crippen LogP contribution in [-0.2, 0) is 11.4 Å². The summed E-state index contributed by atoms with van der Waals surface area (Å²) in [4.78, 5) is 24.6. The van der Waals surface area contributed by atoms with Crippen LogP contribution in [0, 0.1) is 6.92 Å². The fraction of sp³-hybridized carbons (Fsp3) is 0.0690. The van der Waals surface area contributed by atoms with Crippen molar-refractivity contribution < 1.29 is 9.53 Å². The van der Waals surface area contributed by atoms with E-state index in [1.54, 1.807) is 11.1 Å². The number of ether oxygens (including phenoxy) is 1. The standard InChI is InChI=1S/C29H23N3O2S/c1-21-13-15-22(16-14-21)20-34-25-11-7-8-23(18-25)19-26-28(33)32(24-9-3-2-4-10-24)29(35-26)31-27-12-5-6-17-30-27/h2-19H,20H2,1H3/b26-19-,31-29+. The summed E-state index contributed by atoms with van der Waals surface area (Å²) in [7, 11) is 0. The molecule has 5 rings (SSSR count). The lowest BCUT2D eigenvalue weighted by Crippen LogP contribution is -2.28. The summed E-state index contributed by atoms with van der Waals surface area (Å²) >= 11 is 1.34. The minimum absolute atomic E-state index is 0.123. The maximum absolute atomic E-state index is 13.4. The molecule has 1 aliphatic rings. The van der Waals surface area contributed by atoms with Gasteiger partial charge in [0.05, 0.1) is 10.6 Å². The summed E-state index contributed by atoms with van der Waals surface area (Å²) in [5.74, 6) is 1.18. The van der Waals surface area contributed by atoms with Gasteiger partial charge in [0, 0.05) is 6.20 Å². The Morgan fingerprint density at radius 3 is 2.51 bits per heavy atom. The average molecular weight is 478 g/mol. The highest BCUT2D eigenvalue weighted by molar-refractivity contribution is 8.19. The molecule has 0 unspecified atom stereocenters. The SMILES string of the molecule is Cc1ccc(COc2cccc(/C=C3\S/C(=N/c4ccccn4)N(c4ccccc4)C3=O)c2)cc1. The summed E-state index contributed by atoms with van der Waals surface area (Å²) in [6, 6.07) is 31.1. The highest BCUT2D eigenvalue weighted by atomic mass is 32.2. The Hall–Kier alpha value is -4.16. The highest BCUT2D eigenvalue weighted by Crippen LogP contribution is 2.37. The second-order valence-corrected chi connectivity index (χ2v) is 9.02. The number of amidine groups is 1. The van der Waals surface area contributed by atoms with Crippen LogP contribution in [0.1, 0.15) is 16.7 Å². The van der Waals surface area contributed by atoms with Crippen LogP contribution >= 0.6 is 11.8 Å². The smallest absolute Gasteiger partial charge is 0.271 e. The topological polar surface area (TPSA) is 54.8 Å². The molecule has 1 aromatic heterocycles. The fourth-order valence-corrected chi connectivity index (χ4v) is 4.56. The van der Waals surface area contributed by atoms with Gasteiger partial charge in [0.15, 0.2) is 11.0 Å². The molecule has 172 valence electrons. The molecule has 2 heterocycles. The molecule has 35 heavy (non-hydrogen) atoms. The van der Waals surface area contributed by atoms with Crippen LogP contribution in [0.4, 0.5) is 11.5 Å². The van der Waals surface area contributed by atoms with Gasteiger partial charge in [-0.05, 0) is 72.3 Å². The second-order valence-electron chi connectivity index (χ2n) is 8.02. The molecule has 3 aromatic carbocycles. The van der Waals surface area contributed by atoms with E-state index in [-0.39, 0.29) is 5.91 Å². The number of rotatable bonds is 6. The third-order valence-electron chi connectivity index (χ3n) is 5.36. The highest BCUT2D eigenvalue weighted by Gasteiger charge is 2.34. The van der Waals surface area contributed by atoms with E-state index in [1.165, 1.54) is 17.3 Å². The van der Waals surface area contributed by atoms with Gasteiger partial charge in [0.1, 0.15) is 12.4 Å². The van der Waals surface area contributed by atoms with Crippen molar-refractivity contribution in [2.45, 2.75) is 13.5 Å². The minimum Gasteiger partial charge on any atom is -0.489 e. The van der Waals surface area contributed by atoms with E-state index < -0.39 is 0 Å². The zero-order chi connectivity index (χ0) is 24.0.